The Hall–Kier alpha value is -1.13. The van der Waals surface area contributed by atoms with Crippen LogP contribution < -0.4 is 15.4 Å². The van der Waals surface area contributed by atoms with Crippen LogP contribution in [0.5, 0.6) is 5.75 Å². The molecule has 2 aliphatic rings. The predicted octanol–water partition coefficient (Wildman–Crippen LogP) is 3.67. The van der Waals surface area contributed by atoms with Crippen LogP contribution in [-0.4, -0.2) is 31.0 Å². The number of methoxy groups -OCH3 is 1. The van der Waals surface area contributed by atoms with Crippen molar-refractivity contribution in [1.82, 2.24) is 5.32 Å². The minimum absolute atomic E-state index is 0.0279. The van der Waals surface area contributed by atoms with E-state index in [-0.39, 0.29) is 17.2 Å². The van der Waals surface area contributed by atoms with Gasteiger partial charge in [0.25, 0.3) is 0 Å². The fraction of sp³-hybridized carbons (Fsp3) is 0.588. The Morgan fingerprint density at radius 3 is 2.96 bits per heavy atom. The Kier molecular flexibility index (Phi) is 5.22. The largest absolute Gasteiger partial charge is 0.495 e. The summed E-state index contributed by atoms with van der Waals surface area (Å²) in [5.41, 5.74) is 0.903. The molecule has 6 heteroatoms. The third-order valence-corrected chi connectivity index (χ3v) is 5.62. The van der Waals surface area contributed by atoms with E-state index in [1.54, 1.807) is 13.2 Å². The Labute approximate surface area is 146 Å². The van der Waals surface area contributed by atoms with E-state index < -0.39 is 0 Å². The monoisotopic (exact) mass is 356 g/mol. The number of hydrogen-bond donors (Lipinski definition) is 2. The number of anilines is 1. The van der Waals surface area contributed by atoms with Gasteiger partial charge in [0.05, 0.1) is 18.1 Å². The molecule has 4 nitrogen and oxygen atoms in total. The van der Waals surface area contributed by atoms with Gasteiger partial charge in [-0.25, -0.2) is 0 Å². The van der Waals surface area contributed by atoms with Crippen molar-refractivity contribution in [3.63, 3.8) is 0 Å². The summed E-state index contributed by atoms with van der Waals surface area (Å²) in [6.45, 7) is 0.604. The topological polar surface area (TPSA) is 50.4 Å². The molecule has 1 aromatic carbocycles. The van der Waals surface area contributed by atoms with Crippen molar-refractivity contribution in [2.45, 2.75) is 37.1 Å². The molecule has 1 aliphatic heterocycles. The smallest absolute Gasteiger partial charge is 0.225 e. The van der Waals surface area contributed by atoms with E-state index in [1.807, 2.05) is 12.1 Å². The van der Waals surface area contributed by atoms with Crippen LogP contribution in [0.15, 0.2) is 18.2 Å². The van der Waals surface area contributed by atoms with Gasteiger partial charge in [0.1, 0.15) is 5.75 Å². The third-order valence-electron chi connectivity index (χ3n) is 4.91. The first-order valence-electron chi connectivity index (χ1n) is 8.08. The fourth-order valence-electron chi connectivity index (χ4n) is 3.62. The number of amides is 1. The van der Waals surface area contributed by atoms with Crippen LogP contribution in [0.25, 0.3) is 0 Å². The highest BCUT2D eigenvalue weighted by atomic mass is 35.5. The first-order valence-corrected chi connectivity index (χ1v) is 8.90. The van der Waals surface area contributed by atoms with Crippen LogP contribution in [0.2, 0.25) is 5.02 Å². The second kappa shape index (κ2) is 7.18. The predicted molar refractivity (Wildman–Crippen MR) is 93.5 cm³/mol. The fourth-order valence-corrected chi connectivity index (χ4v) is 4.17. The molecule has 23 heavy (non-hydrogen) atoms. The maximum atomic E-state index is 12.3. The van der Waals surface area contributed by atoms with E-state index in [0.29, 0.717) is 29.3 Å². The molecule has 1 saturated heterocycles. The molecular formula is C17H22Cl2N2O2. The molecular weight excluding hydrogens is 335 g/mol. The summed E-state index contributed by atoms with van der Waals surface area (Å²) in [4.78, 5) is 12.3. The lowest BCUT2D eigenvalue weighted by Gasteiger charge is -2.41. The molecule has 0 radical (unpaired) electrons. The van der Waals surface area contributed by atoms with Crippen molar-refractivity contribution in [1.29, 1.82) is 0 Å². The van der Waals surface area contributed by atoms with E-state index in [9.17, 15) is 4.79 Å². The van der Waals surface area contributed by atoms with Crippen LogP contribution >= 0.6 is 23.2 Å². The number of halogens is 2. The molecule has 2 fully saturated rings. The Morgan fingerprint density at radius 1 is 1.35 bits per heavy atom. The summed E-state index contributed by atoms with van der Waals surface area (Å²) >= 11 is 12.3. The van der Waals surface area contributed by atoms with E-state index >= 15 is 0 Å². The van der Waals surface area contributed by atoms with E-state index in [4.69, 9.17) is 27.9 Å². The first-order chi connectivity index (χ1) is 11.1. The van der Waals surface area contributed by atoms with Crippen LogP contribution in [-0.2, 0) is 4.79 Å². The van der Waals surface area contributed by atoms with Gasteiger partial charge in [0.2, 0.25) is 5.91 Å². The van der Waals surface area contributed by atoms with Crippen molar-refractivity contribution in [2.75, 3.05) is 19.0 Å². The molecule has 2 N–H and O–H groups in total. The zero-order chi connectivity index (χ0) is 16.4. The minimum Gasteiger partial charge on any atom is -0.495 e. The molecule has 1 aliphatic carbocycles. The van der Waals surface area contributed by atoms with Crippen molar-refractivity contribution in [3.05, 3.63) is 23.2 Å². The molecule has 3 rings (SSSR count). The second-order valence-electron chi connectivity index (χ2n) is 6.45. The molecule has 1 aromatic rings. The lowest BCUT2D eigenvalue weighted by Crippen LogP contribution is -2.53. The van der Waals surface area contributed by atoms with Crippen LogP contribution in [0.1, 0.15) is 25.7 Å². The van der Waals surface area contributed by atoms with Crippen LogP contribution in [0.3, 0.4) is 0 Å². The Bertz CT molecular complexity index is 582. The highest BCUT2D eigenvalue weighted by molar-refractivity contribution is 6.32. The number of alkyl halides is 1. The second-order valence-corrected chi connectivity index (χ2v) is 7.47. The quantitative estimate of drug-likeness (QED) is 0.809. The van der Waals surface area contributed by atoms with Gasteiger partial charge in [-0.3, -0.25) is 4.79 Å². The molecule has 4 unspecified atom stereocenters. The molecule has 1 saturated carbocycles. The van der Waals surface area contributed by atoms with Gasteiger partial charge in [0, 0.05) is 29.7 Å². The highest BCUT2D eigenvalue weighted by Gasteiger charge is 2.38. The molecule has 0 spiro atoms. The van der Waals surface area contributed by atoms with Crippen molar-refractivity contribution in [3.8, 4) is 5.75 Å². The minimum atomic E-state index is -0.0279. The van der Waals surface area contributed by atoms with Gasteiger partial charge in [-0.05, 0) is 43.7 Å². The maximum Gasteiger partial charge on any atom is 0.225 e. The summed E-state index contributed by atoms with van der Waals surface area (Å²) in [5.74, 6) is 1.24. The van der Waals surface area contributed by atoms with Crippen molar-refractivity contribution < 1.29 is 9.53 Å². The highest BCUT2D eigenvalue weighted by Crippen LogP contribution is 2.36. The van der Waals surface area contributed by atoms with E-state index in [2.05, 4.69) is 10.6 Å². The number of nitrogens with one attached hydrogen (secondary N) is 2. The number of benzene rings is 1. The maximum absolute atomic E-state index is 12.3. The number of hydrogen-bond acceptors (Lipinski definition) is 3. The number of ether oxygens (including phenoxy) is 1. The van der Waals surface area contributed by atoms with Gasteiger partial charge in [-0.1, -0.05) is 11.6 Å². The summed E-state index contributed by atoms with van der Waals surface area (Å²) in [6, 6.07) is 5.84. The van der Waals surface area contributed by atoms with Gasteiger partial charge < -0.3 is 15.4 Å². The summed E-state index contributed by atoms with van der Waals surface area (Å²) < 4.78 is 5.22. The van der Waals surface area contributed by atoms with Crippen LogP contribution in [0, 0.1) is 11.8 Å². The zero-order valence-corrected chi connectivity index (χ0v) is 14.7. The normalized spacial score (nSPS) is 30.3. The molecule has 4 atom stereocenters. The molecule has 0 aromatic heterocycles. The summed E-state index contributed by atoms with van der Waals surface area (Å²) in [6.07, 6.45) is 3.89. The third kappa shape index (κ3) is 3.86. The number of fused-ring (bicyclic) bond motifs is 1. The SMILES string of the molecule is COc1cc(NCC2CC3CC(Cl)CCC3NC2=O)ccc1Cl. The zero-order valence-electron chi connectivity index (χ0n) is 13.1. The lowest BCUT2D eigenvalue weighted by atomic mass is 9.75. The lowest BCUT2D eigenvalue weighted by molar-refractivity contribution is -0.129. The van der Waals surface area contributed by atoms with E-state index in [0.717, 1.165) is 31.4 Å². The molecule has 1 heterocycles. The van der Waals surface area contributed by atoms with Gasteiger partial charge in [-0.2, -0.15) is 0 Å². The van der Waals surface area contributed by atoms with Crippen molar-refractivity contribution >= 4 is 34.8 Å². The average molecular weight is 357 g/mol. The molecule has 126 valence electrons. The van der Waals surface area contributed by atoms with Gasteiger partial charge >= 0.3 is 0 Å². The van der Waals surface area contributed by atoms with Crippen molar-refractivity contribution in [2.24, 2.45) is 11.8 Å². The Morgan fingerprint density at radius 2 is 2.17 bits per heavy atom. The standard InChI is InChI=1S/C17H22Cl2N2O2/c1-23-16-8-13(3-4-14(16)19)20-9-11-6-10-7-12(18)2-5-15(10)21-17(11)22/h3-4,8,10-12,15,20H,2,5-7,9H2,1H3,(H,21,22). The molecule has 1 amide bonds. The van der Waals surface area contributed by atoms with E-state index in [1.165, 1.54) is 0 Å². The average Bonchev–Trinajstić information content (AvgIpc) is 2.54. The molecule has 0 bridgehead atoms. The number of rotatable bonds is 4. The van der Waals surface area contributed by atoms with Gasteiger partial charge in [-0.15, -0.1) is 11.6 Å². The summed E-state index contributed by atoms with van der Waals surface area (Å²) in [5, 5.41) is 7.32. The Balaban J connectivity index is 1.60. The first kappa shape index (κ1) is 16.7. The number of carbonyl (C=O) groups is 1. The number of piperidine rings is 1. The summed E-state index contributed by atoms with van der Waals surface area (Å²) in [7, 11) is 1.59. The number of carbonyl (C=O) groups excluding carboxylic acids is 1. The van der Waals surface area contributed by atoms with Crippen LogP contribution in [0.4, 0.5) is 5.69 Å². The van der Waals surface area contributed by atoms with Gasteiger partial charge in [0.15, 0.2) is 0 Å².